The topological polar surface area (TPSA) is 87.5 Å². The van der Waals surface area contributed by atoms with Crippen molar-refractivity contribution in [2.45, 2.75) is 45.1 Å². The van der Waals surface area contributed by atoms with E-state index in [0.717, 1.165) is 43.7 Å². The minimum Gasteiger partial charge on any atom is -0.371 e. The molecule has 1 unspecified atom stereocenters. The summed E-state index contributed by atoms with van der Waals surface area (Å²) in [4.78, 5) is 27.3. The van der Waals surface area contributed by atoms with Crippen molar-refractivity contribution in [2.75, 3.05) is 29.9 Å². The summed E-state index contributed by atoms with van der Waals surface area (Å²) in [5, 5.41) is 5.78. The first-order valence-electron chi connectivity index (χ1n) is 9.75. The number of rotatable bonds is 6. The Morgan fingerprint density at radius 1 is 1.23 bits per heavy atom. The number of carbonyl (C=O) groups excluding carboxylic acids is 2. The first-order valence-corrected chi connectivity index (χ1v) is 9.75. The van der Waals surface area contributed by atoms with E-state index < -0.39 is 6.04 Å². The summed E-state index contributed by atoms with van der Waals surface area (Å²) >= 11 is 0. The van der Waals surface area contributed by atoms with E-state index in [1.807, 2.05) is 18.2 Å². The highest BCUT2D eigenvalue weighted by Gasteiger charge is 2.33. The predicted octanol–water partition coefficient (Wildman–Crippen LogP) is 2.11. The molecule has 0 bridgehead atoms. The van der Waals surface area contributed by atoms with E-state index in [1.165, 1.54) is 12.8 Å². The number of carbonyl (C=O) groups is 2. The molecule has 1 aromatic rings. The van der Waals surface area contributed by atoms with Gasteiger partial charge in [-0.25, -0.2) is 0 Å². The Morgan fingerprint density at radius 2 is 2.00 bits per heavy atom. The number of nitrogens with two attached hydrogens (primary N) is 1. The van der Waals surface area contributed by atoms with Gasteiger partial charge in [0.05, 0.1) is 0 Å². The number of anilines is 2. The number of hydrogen-bond donors (Lipinski definition) is 3. The first kappa shape index (κ1) is 18.7. The third-order valence-electron chi connectivity index (χ3n) is 5.64. The van der Waals surface area contributed by atoms with Gasteiger partial charge in [-0.3, -0.25) is 9.59 Å². The SMILES string of the molecule is CC(NC(=O)[C@@H]1CCC[C@@H]1CN)C(=O)Nc1cccc(N2CCCC2)c1. The fraction of sp³-hybridized carbons (Fsp3) is 0.600. The van der Waals surface area contributed by atoms with Crippen LogP contribution in [0.3, 0.4) is 0 Å². The van der Waals surface area contributed by atoms with Gasteiger partial charge < -0.3 is 21.3 Å². The number of amides is 2. The summed E-state index contributed by atoms with van der Waals surface area (Å²) in [6.07, 6.45) is 5.32. The van der Waals surface area contributed by atoms with Crippen molar-refractivity contribution in [3.05, 3.63) is 24.3 Å². The third kappa shape index (κ3) is 4.36. The molecule has 3 atom stereocenters. The normalized spacial score (nSPS) is 23.7. The van der Waals surface area contributed by atoms with E-state index in [9.17, 15) is 9.59 Å². The summed E-state index contributed by atoms with van der Waals surface area (Å²) in [6.45, 7) is 4.38. The van der Waals surface area contributed by atoms with Crippen LogP contribution in [0.15, 0.2) is 24.3 Å². The second kappa shape index (κ2) is 8.54. The minimum atomic E-state index is -0.572. The molecule has 1 saturated carbocycles. The van der Waals surface area contributed by atoms with Crippen LogP contribution in [0.25, 0.3) is 0 Å². The Hall–Kier alpha value is -2.08. The summed E-state index contributed by atoms with van der Waals surface area (Å²) < 4.78 is 0. The van der Waals surface area contributed by atoms with Gasteiger partial charge in [0.2, 0.25) is 11.8 Å². The van der Waals surface area contributed by atoms with Gasteiger partial charge >= 0.3 is 0 Å². The molecule has 1 aliphatic carbocycles. The van der Waals surface area contributed by atoms with Crippen molar-refractivity contribution in [1.82, 2.24) is 5.32 Å². The van der Waals surface area contributed by atoms with Crippen LogP contribution in [0, 0.1) is 11.8 Å². The zero-order valence-corrected chi connectivity index (χ0v) is 15.5. The molecule has 4 N–H and O–H groups in total. The van der Waals surface area contributed by atoms with Crippen molar-refractivity contribution < 1.29 is 9.59 Å². The lowest BCUT2D eigenvalue weighted by Gasteiger charge is -2.21. The largest absolute Gasteiger partial charge is 0.371 e. The molecule has 1 aliphatic heterocycles. The van der Waals surface area contributed by atoms with Gasteiger partial charge in [0, 0.05) is 30.4 Å². The lowest BCUT2D eigenvalue weighted by atomic mass is 9.95. The predicted molar refractivity (Wildman–Crippen MR) is 104 cm³/mol. The smallest absolute Gasteiger partial charge is 0.246 e. The summed E-state index contributed by atoms with van der Waals surface area (Å²) in [7, 11) is 0. The Bertz CT molecular complexity index is 642. The van der Waals surface area contributed by atoms with E-state index in [1.54, 1.807) is 6.92 Å². The monoisotopic (exact) mass is 358 g/mol. The van der Waals surface area contributed by atoms with Gasteiger partial charge in [-0.1, -0.05) is 12.5 Å². The molecule has 1 aromatic carbocycles. The molecule has 1 heterocycles. The van der Waals surface area contributed by atoms with Crippen LogP contribution in [0.1, 0.15) is 39.0 Å². The summed E-state index contributed by atoms with van der Waals surface area (Å²) in [5.41, 5.74) is 7.66. The van der Waals surface area contributed by atoms with Crippen LogP contribution in [-0.4, -0.2) is 37.5 Å². The molecule has 6 nitrogen and oxygen atoms in total. The maximum absolute atomic E-state index is 12.5. The molecule has 6 heteroatoms. The van der Waals surface area contributed by atoms with Crippen molar-refractivity contribution in [2.24, 2.45) is 17.6 Å². The number of benzene rings is 1. The number of hydrogen-bond acceptors (Lipinski definition) is 4. The van der Waals surface area contributed by atoms with Gasteiger partial charge in [0.25, 0.3) is 0 Å². The van der Waals surface area contributed by atoms with Crippen LogP contribution < -0.4 is 21.3 Å². The van der Waals surface area contributed by atoms with Crippen molar-refractivity contribution in [1.29, 1.82) is 0 Å². The average molecular weight is 358 g/mol. The fourth-order valence-electron chi connectivity index (χ4n) is 4.06. The maximum atomic E-state index is 12.5. The summed E-state index contributed by atoms with van der Waals surface area (Å²) in [6, 6.07) is 7.33. The van der Waals surface area contributed by atoms with Crippen LogP contribution in [0.2, 0.25) is 0 Å². The van der Waals surface area contributed by atoms with Crippen LogP contribution in [-0.2, 0) is 9.59 Å². The van der Waals surface area contributed by atoms with Gasteiger partial charge in [0.15, 0.2) is 0 Å². The van der Waals surface area contributed by atoms with Crippen LogP contribution >= 0.6 is 0 Å². The molecule has 0 aromatic heterocycles. The zero-order chi connectivity index (χ0) is 18.5. The van der Waals surface area contributed by atoms with Gasteiger partial charge in [-0.15, -0.1) is 0 Å². The highest BCUT2D eigenvalue weighted by Crippen LogP contribution is 2.31. The van der Waals surface area contributed by atoms with Crippen molar-refractivity contribution in [3.63, 3.8) is 0 Å². The molecule has 2 aliphatic rings. The standard InChI is InChI=1S/C20H30N4O2/c1-14(22-20(26)18-9-4-6-15(18)13-21)19(25)23-16-7-5-8-17(12-16)24-10-2-3-11-24/h5,7-8,12,14-15,18H,2-4,6,9-11,13,21H2,1H3,(H,22,26)(H,23,25)/t14?,15-,18-/m1/s1. The van der Waals surface area contributed by atoms with Crippen LogP contribution in [0.4, 0.5) is 11.4 Å². The van der Waals surface area contributed by atoms with Gasteiger partial charge in [0.1, 0.15) is 6.04 Å². The van der Waals surface area contributed by atoms with Crippen LogP contribution in [0.5, 0.6) is 0 Å². The van der Waals surface area contributed by atoms with E-state index in [4.69, 9.17) is 5.73 Å². The number of nitrogens with zero attached hydrogens (tertiary/aromatic N) is 1. The lowest BCUT2D eigenvalue weighted by Crippen LogP contribution is -2.45. The molecule has 0 radical (unpaired) electrons. The third-order valence-corrected chi connectivity index (χ3v) is 5.64. The highest BCUT2D eigenvalue weighted by atomic mass is 16.2. The molecule has 1 saturated heterocycles. The lowest BCUT2D eigenvalue weighted by molar-refractivity contribution is -0.129. The quantitative estimate of drug-likeness (QED) is 0.727. The maximum Gasteiger partial charge on any atom is 0.246 e. The van der Waals surface area contributed by atoms with E-state index in [2.05, 4.69) is 21.6 Å². The Balaban J connectivity index is 1.55. The Kier molecular flexibility index (Phi) is 6.14. The Morgan fingerprint density at radius 3 is 2.73 bits per heavy atom. The minimum absolute atomic E-state index is 0.0496. The average Bonchev–Trinajstić information content (AvgIpc) is 3.33. The zero-order valence-electron chi connectivity index (χ0n) is 15.5. The van der Waals surface area contributed by atoms with E-state index in [-0.39, 0.29) is 23.7 Å². The van der Waals surface area contributed by atoms with E-state index >= 15 is 0 Å². The first-order chi connectivity index (χ1) is 12.6. The Labute approximate surface area is 155 Å². The molecule has 142 valence electrons. The molecular formula is C20H30N4O2. The molecule has 26 heavy (non-hydrogen) atoms. The van der Waals surface area contributed by atoms with Gasteiger partial charge in [-0.05, 0) is 63.3 Å². The van der Waals surface area contributed by atoms with Crippen molar-refractivity contribution >= 4 is 23.2 Å². The highest BCUT2D eigenvalue weighted by molar-refractivity contribution is 5.97. The van der Waals surface area contributed by atoms with Crippen molar-refractivity contribution in [3.8, 4) is 0 Å². The van der Waals surface area contributed by atoms with Gasteiger partial charge in [-0.2, -0.15) is 0 Å². The second-order valence-electron chi connectivity index (χ2n) is 7.50. The molecule has 2 amide bonds. The second-order valence-corrected chi connectivity index (χ2v) is 7.50. The molecule has 0 spiro atoms. The molecule has 2 fully saturated rings. The fourth-order valence-corrected chi connectivity index (χ4v) is 4.06. The molecular weight excluding hydrogens is 328 g/mol. The number of nitrogens with one attached hydrogen (secondary N) is 2. The summed E-state index contributed by atoms with van der Waals surface area (Å²) in [5.74, 6) is -0.0678. The molecule has 3 rings (SSSR count). The van der Waals surface area contributed by atoms with E-state index in [0.29, 0.717) is 6.54 Å².